The van der Waals surface area contributed by atoms with Gasteiger partial charge in [0, 0.05) is 13.1 Å². The molecule has 0 aliphatic rings. The van der Waals surface area contributed by atoms with Crippen LogP contribution >= 0.6 is 12.4 Å². The minimum absolute atomic E-state index is 0. The maximum Gasteiger partial charge on any atom is 0.227 e. The highest BCUT2D eigenvalue weighted by Gasteiger charge is 2.14. The molecule has 1 aromatic rings. The third-order valence-corrected chi connectivity index (χ3v) is 3.04. The van der Waals surface area contributed by atoms with Crippen molar-refractivity contribution in [1.82, 2.24) is 10.6 Å². The number of carbonyl (C=O) groups excluding carboxylic acids is 1. The largest absolute Gasteiger partial charge is 0.497 e. The molecule has 0 saturated heterocycles. The Hall–Kier alpha value is -1.26. The predicted molar refractivity (Wildman–Crippen MR) is 84.8 cm³/mol. The van der Waals surface area contributed by atoms with Gasteiger partial charge in [0.25, 0.3) is 0 Å². The standard InChI is InChI=1S/C15H24N2O2.ClH/c1-4-9-16-10-11-17-15(18)12(2)13-5-7-14(19-3)8-6-13;/h5-8,12,16H,4,9-11H2,1-3H3,(H,17,18);1H. The van der Waals surface area contributed by atoms with E-state index in [9.17, 15) is 4.79 Å². The minimum Gasteiger partial charge on any atom is -0.497 e. The third-order valence-electron chi connectivity index (χ3n) is 3.04. The lowest BCUT2D eigenvalue weighted by Crippen LogP contribution is -2.34. The van der Waals surface area contributed by atoms with Crippen LogP contribution in [0.1, 0.15) is 31.7 Å². The monoisotopic (exact) mass is 300 g/mol. The number of halogens is 1. The number of ether oxygens (including phenoxy) is 1. The molecule has 0 aromatic heterocycles. The maximum absolute atomic E-state index is 12.0. The Morgan fingerprint density at radius 1 is 1.20 bits per heavy atom. The zero-order chi connectivity index (χ0) is 14.1. The summed E-state index contributed by atoms with van der Waals surface area (Å²) in [5.74, 6) is 0.723. The molecule has 114 valence electrons. The van der Waals surface area contributed by atoms with Crippen molar-refractivity contribution in [1.29, 1.82) is 0 Å². The number of hydrogen-bond acceptors (Lipinski definition) is 3. The van der Waals surface area contributed by atoms with Crippen LogP contribution in [0.25, 0.3) is 0 Å². The summed E-state index contributed by atoms with van der Waals surface area (Å²) in [6.07, 6.45) is 1.11. The number of nitrogens with one attached hydrogen (secondary N) is 2. The van der Waals surface area contributed by atoms with Crippen LogP contribution in [0.15, 0.2) is 24.3 Å². The average molecular weight is 301 g/mol. The highest BCUT2D eigenvalue weighted by molar-refractivity contribution is 5.85. The van der Waals surface area contributed by atoms with Crippen molar-refractivity contribution in [3.05, 3.63) is 29.8 Å². The van der Waals surface area contributed by atoms with Crippen LogP contribution < -0.4 is 15.4 Å². The van der Waals surface area contributed by atoms with E-state index in [1.807, 2.05) is 31.2 Å². The molecule has 20 heavy (non-hydrogen) atoms. The van der Waals surface area contributed by atoms with E-state index < -0.39 is 0 Å². The number of carbonyl (C=O) groups is 1. The average Bonchev–Trinajstić information content (AvgIpc) is 2.46. The molecule has 1 amide bonds. The second kappa shape index (κ2) is 10.5. The van der Waals surface area contributed by atoms with Gasteiger partial charge in [-0.05, 0) is 37.6 Å². The van der Waals surface area contributed by atoms with Crippen LogP contribution in [-0.4, -0.2) is 32.7 Å². The van der Waals surface area contributed by atoms with Crippen LogP contribution in [0.3, 0.4) is 0 Å². The van der Waals surface area contributed by atoms with Crippen LogP contribution in [0.5, 0.6) is 5.75 Å². The fraction of sp³-hybridized carbons (Fsp3) is 0.533. The normalized spacial score (nSPS) is 11.3. The molecule has 0 radical (unpaired) electrons. The summed E-state index contributed by atoms with van der Waals surface area (Å²) >= 11 is 0. The van der Waals surface area contributed by atoms with Gasteiger partial charge in [-0.15, -0.1) is 12.4 Å². The van der Waals surface area contributed by atoms with Crippen molar-refractivity contribution in [2.45, 2.75) is 26.2 Å². The van der Waals surface area contributed by atoms with Gasteiger partial charge in [-0.25, -0.2) is 0 Å². The van der Waals surface area contributed by atoms with Gasteiger partial charge >= 0.3 is 0 Å². The van der Waals surface area contributed by atoms with E-state index in [2.05, 4.69) is 17.6 Å². The predicted octanol–water partition coefficient (Wildman–Crippen LogP) is 2.34. The molecule has 0 spiro atoms. The van der Waals surface area contributed by atoms with Crippen molar-refractivity contribution in [3.63, 3.8) is 0 Å². The smallest absolute Gasteiger partial charge is 0.227 e. The SMILES string of the molecule is CCCNCCNC(=O)C(C)c1ccc(OC)cc1.Cl. The maximum atomic E-state index is 12.0. The Morgan fingerprint density at radius 2 is 1.85 bits per heavy atom. The topological polar surface area (TPSA) is 50.4 Å². The zero-order valence-electron chi connectivity index (χ0n) is 12.4. The van der Waals surface area contributed by atoms with Crippen molar-refractivity contribution in [3.8, 4) is 5.75 Å². The molecule has 0 saturated carbocycles. The van der Waals surface area contributed by atoms with Crippen molar-refractivity contribution in [2.75, 3.05) is 26.7 Å². The second-order valence-electron chi connectivity index (χ2n) is 4.54. The van der Waals surface area contributed by atoms with Gasteiger partial charge in [-0.3, -0.25) is 4.79 Å². The Labute approximate surface area is 127 Å². The van der Waals surface area contributed by atoms with E-state index >= 15 is 0 Å². The zero-order valence-corrected chi connectivity index (χ0v) is 13.3. The number of benzene rings is 1. The number of amides is 1. The molecule has 0 bridgehead atoms. The van der Waals surface area contributed by atoms with E-state index in [4.69, 9.17) is 4.74 Å². The first kappa shape index (κ1) is 18.7. The van der Waals surface area contributed by atoms with Crippen LogP contribution in [-0.2, 0) is 4.79 Å². The van der Waals surface area contributed by atoms with Crippen molar-refractivity contribution in [2.24, 2.45) is 0 Å². The first-order valence-corrected chi connectivity index (χ1v) is 6.81. The first-order valence-electron chi connectivity index (χ1n) is 6.81. The highest BCUT2D eigenvalue weighted by atomic mass is 35.5. The molecule has 2 N–H and O–H groups in total. The summed E-state index contributed by atoms with van der Waals surface area (Å²) in [4.78, 5) is 12.0. The van der Waals surface area contributed by atoms with E-state index in [0.717, 1.165) is 30.8 Å². The lowest BCUT2D eigenvalue weighted by atomic mass is 10.0. The minimum atomic E-state index is -0.142. The van der Waals surface area contributed by atoms with Crippen LogP contribution in [0, 0.1) is 0 Å². The summed E-state index contributed by atoms with van der Waals surface area (Å²) in [6, 6.07) is 7.61. The van der Waals surface area contributed by atoms with E-state index in [0.29, 0.717) is 6.54 Å². The van der Waals surface area contributed by atoms with Gasteiger partial charge < -0.3 is 15.4 Å². The Kier molecular flexibility index (Phi) is 9.86. The van der Waals surface area contributed by atoms with Gasteiger partial charge in [0.15, 0.2) is 0 Å². The molecule has 4 nitrogen and oxygen atoms in total. The molecule has 0 heterocycles. The van der Waals surface area contributed by atoms with Gasteiger partial charge in [-0.2, -0.15) is 0 Å². The fourth-order valence-electron chi connectivity index (χ4n) is 1.77. The number of methoxy groups -OCH3 is 1. The lowest BCUT2D eigenvalue weighted by molar-refractivity contribution is -0.122. The molecule has 0 aliphatic carbocycles. The van der Waals surface area contributed by atoms with Gasteiger partial charge in [-0.1, -0.05) is 19.1 Å². The summed E-state index contributed by atoms with van der Waals surface area (Å²) in [6.45, 7) is 6.51. The van der Waals surface area contributed by atoms with E-state index in [-0.39, 0.29) is 24.2 Å². The van der Waals surface area contributed by atoms with E-state index in [1.165, 1.54) is 0 Å². The Bertz CT molecular complexity index is 382. The van der Waals surface area contributed by atoms with Crippen molar-refractivity contribution >= 4 is 18.3 Å². The number of hydrogen-bond donors (Lipinski definition) is 2. The molecule has 5 heteroatoms. The summed E-state index contributed by atoms with van der Waals surface area (Å²) in [7, 11) is 1.63. The molecule has 1 rings (SSSR count). The van der Waals surface area contributed by atoms with E-state index in [1.54, 1.807) is 7.11 Å². The molecule has 1 aromatic carbocycles. The molecule has 0 aliphatic heterocycles. The quantitative estimate of drug-likeness (QED) is 0.725. The fourth-order valence-corrected chi connectivity index (χ4v) is 1.77. The number of rotatable bonds is 8. The summed E-state index contributed by atoms with van der Waals surface area (Å²) < 4.78 is 5.10. The van der Waals surface area contributed by atoms with Gasteiger partial charge in [0.2, 0.25) is 5.91 Å². The first-order chi connectivity index (χ1) is 9.19. The van der Waals surface area contributed by atoms with Gasteiger partial charge in [0.1, 0.15) is 5.75 Å². The van der Waals surface area contributed by atoms with Gasteiger partial charge in [0.05, 0.1) is 13.0 Å². The Morgan fingerprint density at radius 3 is 2.40 bits per heavy atom. The van der Waals surface area contributed by atoms with Crippen LogP contribution in [0.4, 0.5) is 0 Å². The van der Waals surface area contributed by atoms with Crippen molar-refractivity contribution < 1.29 is 9.53 Å². The summed E-state index contributed by atoms with van der Waals surface area (Å²) in [5, 5.41) is 6.19. The molecule has 1 unspecified atom stereocenters. The third kappa shape index (κ3) is 6.26. The molecular formula is C15H25ClN2O2. The van der Waals surface area contributed by atoms with Crippen LogP contribution in [0.2, 0.25) is 0 Å². The highest BCUT2D eigenvalue weighted by Crippen LogP contribution is 2.18. The molecular weight excluding hydrogens is 276 g/mol. The Balaban J connectivity index is 0.00000361. The summed E-state index contributed by atoms with van der Waals surface area (Å²) in [5.41, 5.74) is 1.000. The lowest BCUT2D eigenvalue weighted by Gasteiger charge is -2.13. The molecule has 0 fully saturated rings. The molecule has 1 atom stereocenters. The second-order valence-corrected chi connectivity index (χ2v) is 4.54.